The number of carbonyl (C=O) groups excluding carboxylic acids is 1. The van der Waals surface area contributed by atoms with Crippen molar-refractivity contribution in [3.05, 3.63) is 18.2 Å². The highest BCUT2D eigenvalue weighted by Crippen LogP contribution is 2.32. The average molecular weight is 264 g/mol. The molecule has 1 aromatic rings. The topological polar surface area (TPSA) is 73.6 Å². The number of nitrogens with one attached hydrogen (secondary N) is 1. The summed E-state index contributed by atoms with van der Waals surface area (Å²) in [6.07, 6.45) is 3.35. The zero-order chi connectivity index (χ0) is 13.5. The first-order valence-electron chi connectivity index (χ1n) is 6.69. The number of ether oxygens (including phenoxy) is 2. The SMILES string of the molecule is NCCCCCC(=O)Nc1ccc2c(c1)OCCO2. The van der Waals surface area contributed by atoms with Crippen LogP contribution in [0.25, 0.3) is 0 Å². The summed E-state index contributed by atoms with van der Waals surface area (Å²) in [6, 6.07) is 5.44. The number of hydrogen-bond acceptors (Lipinski definition) is 4. The zero-order valence-corrected chi connectivity index (χ0v) is 11.0. The van der Waals surface area contributed by atoms with Crippen LogP contribution in [0.1, 0.15) is 25.7 Å². The van der Waals surface area contributed by atoms with Crippen molar-refractivity contribution >= 4 is 11.6 Å². The second-order valence-corrected chi connectivity index (χ2v) is 4.51. The summed E-state index contributed by atoms with van der Waals surface area (Å²) >= 11 is 0. The zero-order valence-electron chi connectivity index (χ0n) is 11.0. The second-order valence-electron chi connectivity index (χ2n) is 4.51. The quantitative estimate of drug-likeness (QED) is 0.770. The van der Waals surface area contributed by atoms with Gasteiger partial charge in [0.2, 0.25) is 5.91 Å². The van der Waals surface area contributed by atoms with Crippen molar-refractivity contribution in [1.29, 1.82) is 0 Å². The summed E-state index contributed by atoms with van der Waals surface area (Å²) in [7, 11) is 0. The third-order valence-electron chi connectivity index (χ3n) is 2.93. The third kappa shape index (κ3) is 4.13. The number of fused-ring (bicyclic) bond motifs is 1. The Labute approximate surface area is 113 Å². The molecule has 0 bridgehead atoms. The maximum Gasteiger partial charge on any atom is 0.224 e. The molecule has 1 aliphatic rings. The Morgan fingerprint density at radius 3 is 2.74 bits per heavy atom. The molecule has 0 spiro atoms. The van der Waals surface area contributed by atoms with Crippen molar-refractivity contribution in [2.24, 2.45) is 5.73 Å². The van der Waals surface area contributed by atoms with E-state index in [0.717, 1.165) is 30.7 Å². The van der Waals surface area contributed by atoms with Gasteiger partial charge in [0.25, 0.3) is 0 Å². The predicted molar refractivity (Wildman–Crippen MR) is 73.6 cm³/mol. The molecular formula is C14H20N2O3. The Bertz CT molecular complexity index is 435. The van der Waals surface area contributed by atoms with Crippen LogP contribution in [0.15, 0.2) is 18.2 Å². The Morgan fingerprint density at radius 2 is 1.95 bits per heavy atom. The second kappa shape index (κ2) is 6.99. The van der Waals surface area contributed by atoms with Crippen LogP contribution < -0.4 is 20.5 Å². The maximum absolute atomic E-state index is 11.7. The lowest BCUT2D eigenvalue weighted by Crippen LogP contribution is -2.16. The van der Waals surface area contributed by atoms with Crippen LogP contribution in [0.5, 0.6) is 11.5 Å². The lowest BCUT2D eigenvalue weighted by Gasteiger charge is -2.19. The van der Waals surface area contributed by atoms with E-state index in [2.05, 4.69) is 5.32 Å². The van der Waals surface area contributed by atoms with Crippen LogP contribution in [-0.4, -0.2) is 25.7 Å². The first-order chi connectivity index (χ1) is 9.29. The van der Waals surface area contributed by atoms with Crippen LogP contribution in [-0.2, 0) is 4.79 Å². The van der Waals surface area contributed by atoms with Gasteiger partial charge in [-0.15, -0.1) is 0 Å². The fraction of sp³-hybridized carbons (Fsp3) is 0.500. The fourth-order valence-corrected chi connectivity index (χ4v) is 1.95. The summed E-state index contributed by atoms with van der Waals surface area (Å²) in [6.45, 7) is 1.80. The van der Waals surface area contributed by atoms with Gasteiger partial charge < -0.3 is 20.5 Å². The number of anilines is 1. The van der Waals surface area contributed by atoms with Gasteiger partial charge in [-0.3, -0.25) is 4.79 Å². The van der Waals surface area contributed by atoms with Crippen molar-refractivity contribution < 1.29 is 14.3 Å². The summed E-state index contributed by atoms with van der Waals surface area (Å²) in [5.74, 6) is 1.44. The molecule has 0 fully saturated rings. The molecule has 5 nitrogen and oxygen atoms in total. The van der Waals surface area contributed by atoms with Crippen molar-refractivity contribution in [2.45, 2.75) is 25.7 Å². The van der Waals surface area contributed by atoms with Crippen LogP contribution in [0.2, 0.25) is 0 Å². The van der Waals surface area contributed by atoms with E-state index in [4.69, 9.17) is 15.2 Å². The fourth-order valence-electron chi connectivity index (χ4n) is 1.95. The van der Waals surface area contributed by atoms with Gasteiger partial charge >= 0.3 is 0 Å². The Hall–Kier alpha value is -1.75. The lowest BCUT2D eigenvalue weighted by atomic mass is 10.2. The number of nitrogens with two attached hydrogens (primary N) is 1. The van der Waals surface area contributed by atoms with E-state index >= 15 is 0 Å². The summed E-state index contributed by atoms with van der Waals surface area (Å²) < 4.78 is 10.9. The molecule has 0 saturated heterocycles. The molecule has 0 unspecified atom stereocenters. The van der Waals surface area contributed by atoms with E-state index < -0.39 is 0 Å². The number of unbranched alkanes of at least 4 members (excludes halogenated alkanes) is 2. The first-order valence-corrected chi connectivity index (χ1v) is 6.69. The molecule has 0 saturated carbocycles. The number of amides is 1. The van der Waals surface area contributed by atoms with Crippen LogP contribution >= 0.6 is 0 Å². The average Bonchev–Trinajstić information content (AvgIpc) is 2.43. The Morgan fingerprint density at radius 1 is 1.16 bits per heavy atom. The molecule has 19 heavy (non-hydrogen) atoms. The Kier molecular flexibility index (Phi) is 5.03. The summed E-state index contributed by atoms with van der Waals surface area (Å²) in [4.78, 5) is 11.7. The van der Waals surface area contributed by atoms with E-state index in [-0.39, 0.29) is 5.91 Å². The van der Waals surface area contributed by atoms with Crippen LogP contribution in [0, 0.1) is 0 Å². The van der Waals surface area contributed by atoms with Crippen molar-refractivity contribution in [3.8, 4) is 11.5 Å². The first kappa shape index (κ1) is 13.7. The van der Waals surface area contributed by atoms with Gasteiger partial charge in [-0.05, 0) is 31.5 Å². The molecule has 5 heteroatoms. The number of hydrogen-bond donors (Lipinski definition) is 2. The highest BCUT2D eigenvalue weighted by atomic mass is 16.6. The van der Waals surface area contributed by atoms with Gasteiger partial charge in [0.1, 0.15) is 13.2 Å². The van der Waals surface area contributed by atoms with Crippen LogP contribution in [0.4, 0.5) is 5.69 Å². The minimum absolute atomic E-state index is 0.0219. The van der Waals surface area contributed by atoms with Gasteiger partial charge in [0, 0.05) is 18.2 Å². The van der Waals surface area contributed by atoms with Gasteiger partial charge in [-0.25, -0.2) is 0 Å². The smallest absolute Gasteiger partial charge is 0.224 e. The molecule has 2 rings (SSSR count). The summed E-state index contributed by atoms with van der Waals surface area (Å²) in [5, 5.41) is 2.86. The largest absolute Gasteiger partial charge is 0.486 e. The standard InChI is InChI=1S/C14H20N2O3/c15-7-3-1-2-4-14(17)16-11-5-6-12-13(10-11)19-9-8-18-12/h5-6,10H,1-4,7-9,15H2,(H,16,17). The van der Waals surface area contributed by atoms with E-state index in [1.165, 1.54) is 0 Å². The highest BCUT2D eigenvalue weighted by molar-refractivity contribution is 5.91. The molecule has 0 atom stereocenters. The molecule has 1 heterocycles. The van der Waals surface area contributed by atoms with E-state index in [9.17, 15) is 4.79 Å². The minimum Gasteiger partial charge on any atom is -0.486 e. The monoisotopic (exact) mass is 264 g/mol. The van der Waals surface area contributed by atoms with Gasteiger partial charge in [0.05, 0.1) is 0 Å². The molecular weight excluding hydrogens is 244 g/mol. The van der Waals surface area contributed by atoms with E-state index in [1.807, 2.05) is 12.1 Å². The molecule has 104 valence electrons. The molecule has 0 aromatic heterocycles. The summed E-state index contributed by atoms with van der Waals surface area (Å²) in [5.41, 5.74) is 6.15. The molecule has 0 radical (unpaired) electrons. The molecule has 0 aliphatic carbocycles. The van der Waals surface area contributed by atoms with Gasteiger partial charge in [-0.1, -0.05) is 6.42 Å². The normalized spacial score (nSPS) is 13.1. The number of carbonyl (C=O) groups is 1. The third-order valence-corrected chi connectivity index (χ3v) is 2.93. The minimum atomic E-state index is 0.0219. The predicted octanol–water partition coefficient (Wildman–Crippen LogP) is 1.92. The van der Waals surface area contributed by atoms with Gasteiger partial charge in [0.15, 0.2) is 11.5 Å². The lowest BCUT2D eigenvalue weighted by molar-refractivity contribution is -0.116. The Balaban J connectivity index is 1.83. The van der Waals surface area contributed by atoms with E-state index in [1.54, 1.807) is 6.07 Å². The number of rotatable bonds is 6. The molecule has 3 N–H and O–H groups in total. The van der Waals surface area contributed by atoms with Crippen molar-refractivity contribution in [1.82, 2.24) is 0 Å². The molecule has 1 aromatic carbocycles. The van der Waals surface area contributed by atoms with Crippen molar-refractivity contribution in [2.75, 3.05) is 25.1 Å². The van der Waals surface area contributed by atoms with Gasteiger partial charge in [-0.2, -0.15) is 0 Å². The maximum atomic E-state index is 11.7. The molecule has 1 aliphatic heterocycles. The number of benzene rings is 1. The highest BCUT2D eigenvalue weighted by Gasteiger charge is 2.12. The van der Waals surface area contributed by atoms with Crippen molar-refractivity contribution in [3.63, 3.8) is 0 Å². The van der Waals surface area contributed by atoms with Crippen LogP contribution in [0.3, 0.4) is 0 Å². The van der Waals surface area contributed by atoms with E-state index in [0.29, 0.717) is 31.9 Å². The molecule has 1 amide bonds.